The second kappa shape index (κ2) is 6.92. The minimum atomic E-state index is -1.39. The molecule has 1 N–H and O–H groups in total. The Kier molecular flexibility index (Phi) is 4.59. The van der Waals surface area contributed by atoms with E-state index in [4.69, 9.17) is 12.2 Å². The molecule has 0 fully saturated rings. The number of H-pyrrole nitrogens is 1. The maximum atomic E-state index is 14.2. The molecule has 0 saturated carbocycles. The van der Waals surface area contributed by atoms with Crippen LogP contribution in [0.15, 0.2) is 30.6 Å². The number of aromatic amines is 1. The van der Waals surface area contributed by atoms with Crippen molar-refractivity contribution in [1.82, 2.24) is 14.5 Å². The fourth-order valence-electron chi connectivity index (χ4n) is 3.66. The molecule has 27 heavy (non-hydrogen) atoms. The Labute approximate surface area is 157 Å². The van der Waals surface area contributed by atoms with Crippen LogP contribution >= 0.6 is 12.2 Å². The molecule has 1 aliphatic heterocycles. The van der Waals surface area contributed by atoms with Crippen LogP contribution in [0.1, 0.15) is 28.4 Å². The average Bonchev–Trinajstić information content (AvgIpc) is 3.20. The monoisotopic (exact) mass is 393 g/mol. The van der Waals surface area contributed by atoms with Gasteiger partial charge in [-0.15, -0.1) is 0 Å². The number of aryl methyl sites for hydroxylation is 2. The summed E-state index contributed by atoms with van der Waals surface area (Å²) in [5.41, 5.74) is 2.18. The van der Waals surface area contributed by atoms with Gasteiger partial charge in [-0.3, -0.25) is 4.98 Å². The molecule has 1 aromatic carbocycles. The lowest BCUT2D eigenvalue weighted by molar-refractivity contribution is 0.423. The van der Waals surface area contributed by atoms with Crippen molar-refractivity contribution in [3.05, 3.63) is 81.1 Å². The molecule has 0 bridgehead atoms. The minimum Gasteiger partial charge on any atom is -0.334 e. The van der Waals surface area contributed by atoms with Crippen molar-refractivity contribution >= 4 is 12.2 Å². The topological polar surface area (TPSA) is 33.6 Å². The maximum Gasteiger partial charge on any atom is 0.177 e. The first-order valence-electron chi connectivity index (χ1n) is 8.48. The van der Waals surface area contributed by atoms with E-state index in [0.29, 0.717) is 11.2 Å². The van der Waals surface area contributed by atoms with Gasteiger partial charge in [0, 0.05) is 47.9 Å². The Morgan fingerprint density at radius 2 is 1.89 bits per heavy atom. The number of nitrogens with one attached hydrogen (secondary N) is 1. The molecule has 1 unspecified atom stereocenters. The van der Waals surface area contributed by atoms with Crippen molar-refractivity contribution in [1.29, 1.82) is 0 Å². The molecule has 0 aliphatic carbocycles. The fourth-order valence-corrected chi connectivity index (χ4v) is 3.97. The van der Waals surface area contributed by atoms with Crippen molar-refractivity contribution in [2.45, 2.75) is 31.7 Å². The summed E-state index contributed by atoms with van der Waals surface area (Å²) in [5, 5.41) is 0. The van der Waals surface area contributed by atoms with Crippen LogP contribution in [0, 0.1) is 28.0 Å². The largest absolute Gasteiger partial charge is 0.334 e. The fraction of sp³-hybridized carbons (Fsp3) is 0.263. The lowest BCUT2D eigenvalue weighted by Crippen LogP contribution is -2.10. The number of halogens is 4. The Morgan fingerprint density at radius 3 is 2.56 bits per heavy atom. The number of imidazole rings is 1. The predicted molar refractivity (Wildman–Crippen MR) is 94.0 cm³/mol. The molecule has 1 aliphatic rings. The van der Waals surface area contributed by atoms with Gasteiger partial charge in [0.15, 0.2) is 28.0 Å². The number of hydrogen-bond acceptors (Lipinski definition) is 2. The third-order valence-electron chi connectivity index (χ3n) is 4.96. The summed E-state index contributed by atoms with van der Waals surface area (Å²) in [5.74, 6) is -6.16. The quantitative estimate of drug-likeness (QED) is 0.399. The first kappa shape index (κ1) is 17.9. The van der Waals surface area contributed by atoms with E-state index in [-0.39, 0.29) is 19.0 Å². The van der Waals surface area contributed by atoms with Crippen LogP contribution in [-0.2, 0) is 25.8 Å². The highest BCUT2D eigenvalue weighted by Crippen LogP contribution is 2.36. The van der Waals surface area contributed by atoms with Crippen molar-refractivity contribution in [3.8, 4) is 0 Å². The smallest absolute Gasteiger partial charge is 0.177 e. The van der Waals surface area contributed by atoms with E-state index in [1.54, 1.807) is 17.0 Å². The van der Waals surface area contributed by atoms with E-state index in [1.807, 2.05) is 12.1 Å². The van der Waals surface area contributed by atoms with Gasteiger partial charge in [0.05, 0.1) is 0 Å². The van der Waals surface area contributed by atoms with Gasteiger partial charge < -0.3 is 9.55 Å². The van der Waals surface area contributed by atoms with Crippen molar-refractivity contribution < 1.29 is 17.6 Å². The molecule has 3 heterocycles. The molecular formula is C19H15F4N3S. The number of hydrogen-bond donors (Lipinski definition) is 1. The van der Waals surface area contributed by atoms with Gasteiger partial charge in [-0.25, -0.2) is 17.6 Å². The summed E-state index contributed by atoms with van der Waals surface area (Å²) in [6.45, 7) is 0.175. The molecule has 140 valence electrons. The molecule has 0 spiro atoms. The van der Waals surface area contributed by atoms with Crippen LogP contribution in [0.25, 0.3) is 0 Å². The van der Waals surface area contributed by atoms with E-state index in [1.165, 1.54) is 0 Å². The molecule has 0 amide bonds. The van der Waals surface area contributed by atoms with Crippen LogP contribution in [0.2, 0.25) is 0 Å². The van der Waals surface area contributed by atoms with Crippen molar-refractivity contribution in [3.63, 3.8) is 0 Å². The molecule has 0 saturated heterocycles. The van der Waals surface area contributed by atoms with Crippen LogP contribution in [-0.4, -0.2) is 14.5 Å². The number of fused-ring (bicyclic) bond motifs is 1. The number of benzene rings is 1. The standard InChI is InChI=1S/C19H15F4N3S/c20-12-7-13(21)18(23)16(17(12)22)11-6-15-14(25-19(27)26(15)9-11)4-3-10-2-1-5-24-8-10/h1-2,5,7-8,11H,3-4,6,9H2,(H,25,27). The van der Waals surface area contributed by atoms with Gasteiger partial charge in [-0.1, -0.05) is 6.07 Å². The van der Waals surface area contributed by atoms with Crippen LogP contribution < -0.4 is 0 Å². The van der Waals surface area contributed by atoms with Crippen molar-refractivity contribution in [2.75, 3.05) is 0 Å². The highest BCUT2D eigenvalue weighted by molar-refractivity contribution is 7.71. The predicted octanol–water partition coefficient (Wildman–Crippen LogP) is 4.62. The Balaban J connectivity index is 1.62. The van der Waals surface area contributed by atoms with Gasteiger partial charge in [-0.05, 0) is 43.1 Å². The van der Waals surface area contributed by atoms with Crippen LogP contribution in [0.3, 0.4) is 0 Å². The second-order valence-electron chi connectivity index (χ2n) is 6.61. The Morgan fingerprint density at radius 1 is 1.15 bits per heavy atom. The van der Waals surface area contributed by atoms with Gasteiger partial charge in [0.2, 0.25) is 0 Å². The summed E-state index contributed by atoms with van der Waals surface area (Å²) in [4.78, 5) is 7.20. The van der Waals surface area contributed by atoms with Gasteiger partial charge >= 0.3 is 0 Å². The van der Waals surface area contributed by atoms with Gasteiger partial charge in [0.1, 0.15) is 0 Å². The zero-order valence-corrected chi connectivity index (χ0v) is 14.9. The van der Waals surface area contributed by atoms with E-state index in [0.717, 1.165) is 23.4 Å². The third kappa shape index (κ3) is 3.18. The van der Waals surface area contributed by atoms with Crippen LogP contribution in [0.4, 0.5) is 17.6 Å². The summed E-state index contributed by atoms with van der Waals surface area (Å²) in [7, 11) is 0. The normalized spacial score (nSPS) is 15.9. The number of aromatic nitrogens is 3. The lowest BCUT2D eigenvalue weighted by Gasteiger charge is -2.13. The first-order valence-corrected chi connectivity index (χ1v) is 8.89. The minimum absolute atomic E-state index is 0.175. The second-order valence-corrected chi connectivity index (χ2v) is 7.00. The number of rotatable bonds is 4. The Bertz CT molecular complexity index is 1030. The summed E-state index contributed by atoms with van der Waals surface area (Å²) < 4.78 is 57.7. The van der Waals surface area contributed by atoms with Crippen LogP contribution in [0.5, 0.6) is 0 Å². The molecule has 4 rings (SSSR count). The average molecular weight is 393 g/mol. The van der Waals surface area contributed by atoms with E-state index < -0.39 is 34.8 Å². The molecule has 3 aromatic rings. The van der Waals surface area contributed by atoms with E-state index in [2.05, 4.69) is 9.97 Å². The molecular weight excluding hydrogens is 378 g/mol. The summed E-state index contributed by atoms with van der Waals surface area (Å²) in [6, 6.07) is 4.04. The third-order valence-corrected chi connectivity index (χ3v) is 5.28. The van der Waals surface area contributed by atoms with Gasteiger partial charge in [-0.2, -0.15) is 0 Å². The lowest BCUT2D eigenvalue weighted by atomic mass is 9.94. The summed E-state index contributed by atoms with van der Waals surface area (Å²) >= 11 is 5.31. The number of pyridine rings is 1. The van der Waals surface area contributed by atoms with E-state index >= 15 is 0 Å². The molecule has 1 atom stereocenters. The van der Waals surface area contributed by atoms with Gasteiger partial charge in [0.25, 0.3) is 0 Å². The molecule has 2 aromatic heterocycles. The SMILES string of the molecule is Fc1cc(F)c(F)c(C2Cc3c(CCc4cccnc4)[nH]c(=S)n3C2)c1F. The Hall–Kier alpha value is -2.48. The zero-order chi connectivity index (χ0) is 19.1. The van der Waals surface area contributed by atoms with Crippen molar-refractivity contribution in [2.24, 2.45) is 0 Å². The molecule has 3 nitrogen and oxygen atoms in total. The molecule has 8 heteroatoms. The zero-order valence-electron chi connectivity index (χ0n) is 14.1. The van der Waals surface area contributed by atoms with E-state index in [9.17, 15) is 17.6 Å². The highest BCUT2D eigenvalue weighted by Gasteiger charge is 2.33. The maximum absolute atomic E-state index is 14.2. The number of nitrogens with zero attached hydrogens (tertiary/aromatic N) is 2. The molecule has 0 radical (unpaired) electrons. The summed E-state index contributed by atoms with van der Waals surface area (Å²) in [6.07, 6.45) is 5.09. The first-order chi connectivity index (χ1) is 13.0. The highest BCUT2D eigenvalue weighted by atomic mass is 32.1.